The van der Waals surface area contributed by atoms with Crippen molar-refractivity contribution in [2.75, 3.05) is 19.8 Å². The quantitative estimate of drug-likeness (QED) is 0.483. The third kappa shape index (κ3) is 4.65. The number of rotatable bonds is 7. The molecule has 1 saturated heterocycles. The highest BCUT2D eigenvalue weighted by Crippen LogP contribution is 2.46. The highest BCUT2D eigenvalue weighted by molar-refractivity contribution is 5.72. The van der Waals surface area contributed by atoms with Gasteiger partial charge in [-0.25, -0.2) is 4.39 Å². The van der Waals surface area contributed by atoms with E-state index in [1.165, 1.54) is 23.6 Å². The minimum Gasteiger partial charge on any atom is -0.486 e. The molecule has 0 radical (unpaired) electrons. The van der Waals surface area contributed by atoms with Gasteiger partial charge in [-0.2, -0.15) is 0 Å². The molecule has 1 aliphatic heterocycles. The van der Waals surface area contributed by atoms with Crippen molar-refractivity contribution < 1.29 is 23.4 Å². The summed E-state index contributed by atoms with van der Waals surface area (Å²) in [5.41, 5.74) is 4.29. The van der Waals surface area contributed by atoms with E-state index in [2.05, 4.69) is 45.9 Å². The van der Waals surface area contributed by atoms with Crippen LogP contribution in [0.25, 0.3) is 0 Å². The number of benzene rings is 2. The summed E-state index contributed by atoms with van der Waals surface area (Å²) in [6.07, 6.45) is 2.50. The minimum atomic E-state index is -0.525. The Morgan fingerprint density at radius 3 is 2.30 bits per heavy atom. The van der Waals surface area contributed by atoms with Crippen molar-refractivity contribution in [3.05, 3.63) is 64.5 Å². The van der Waals surface area contributed by atoms with Crippen LogP contribution in [-0.2, 0) is 37.1 Å². The van der Waals surface area contributed by atoms with E-state index in [1.54, 1.807) is 13.0 Å². The Morgan fingerprint density at radius 1 is 1.00 bits per heavy atom. The van der Waals surface area contributed by atoms with E-state index in [-0.39, 0.29) is 29.0 Å². The number of carbonyl (C=O) groups is 1. The Hall–Kier alpha value is -2.40. The first-order valence-electron chi connectivity index (χ1n) is 11.9. The summed E-state index contributed by atoms with van der Waals surface area (Å²) in [7, 11) is 0. The molecule has 0 spiro atoms. The summed E-state index contributed by atoms with van der Waals surface area (Å²) in [5, 5.41) is 0. The van der Waals surface area contributed by atoms with Crippen LogP contribution in [0.4, 0.5) is 4.39 Å². The average Bonchev–Trinajstić information content (AvgIpc) is 2.73. The van der Waals surface area contributed by atoms with Gasteiger partial charge in [-0.3, -0.25) is 4.79 Å². The molecule has 2 aliphatic rings. The molecule has 0 atom stereocenters. The fourth-order valence-corrected chi connectivity index (χ4v) is 5.04. The maximum atomic E-state index is 14.9. The fraction of sp³-hybridized carbons (Fsp3) is 0.536. The van der Waals surface area contributed by atoms with Crippen LogP contribution in [0.5, 0.6) is 5.75 Å². The molecular formula is C28H35FO4. The average molecular weight is 455 g/mol. The maximum Gasteiger partial charge on any atom is 0.306 e. The van der Waals surface area contributed by atoms with Crippen molar-refractivity contribution in [2.24, 2.45) is 0 Å². The van der Waals surface area contributed by atoms with Crippen LogP contribution in [0.1, 0.15) is 76.1 Å². The first-order chi connectivity index (χ1) is 15.6. The maximum absolute atomic E-state index is 14.9. The molecule has 0 aromatic heterocycles. The summed E-state index contributed by atoms with van der Waals surface area (Å²) in [6.45, 7) is 12.4. The zero-order valence-corrected chi connectivity index (χ0v) is 20.4. The van der Waals surface area contributed by atoms with Crippen LogP contribution in [0.2, 0.25) is 0 Å². The highest BCUT2D eigenvalue weighted by Gasteiger charge is 2.43. The lowest BCUT2D eigenvalue weighted by atomic mass is 9.63. The molecule has 0 bridgehead atoms. The molecule has 0 saturated carbocycles. The summed E-state index contributed by atoms with van der Waals surface area (Å²) >= 11 is 0. The molecule has 1 aliphatic carbocycles. The van der Waals surface area contributed by atoms with Gasteiger partial charge < -0.3 is 14.2 Å². The third-order valence-corrected chi connectivity index (χ3v) is 7.40. The molecule has 0 N–H and O–H groups in total. The monoisotopic (exact) mass is 454 g/mol. The predicted molar refractivity (Wildman–Crippen MR) is 126 cm³/mol. The predicted octanol–water partition coefficient (Wildman–Crippen LogP) is 5.97. The first kappa shape index (κ1) is 23.7. The van der Waals surface area contributed by atoms with Crippen molar-refractivity contribution in [1.29, 1.82) is 0 Å². The van der Waals surface area contributed by atoms with Gasteiger partial charge in [0, 0.05) is 0 Å². The Kier molecular flexibility index (Phi) is 6.30. The second kappa shape index (κ2) is 8.75. The van der Waals surface area contributed by atoms with Gasteiger partial charge in [-0.15, -0.1) is 0 Å². The fourth-order valence-electron chi connectivity index (χ4n) is 5.04. The van der Waals surface area contributed by atoms with E-state index in [1.807, 2.05) is 6.07 Å². The molecule has 0 amide bonds. The number of fused-ring (bicyclic) bond motifs is 1. The van der Waals surface area contributed by atoms with Crippen LogP contribution in [-0.4, -0.2) is 25.8 Å². The molecule has 2 aromatic carbocycles. The number of halogens is 1. The van der Waals surface area contributed by atoms with Gasteiger partial charge in [-0.05, 0) is 65.0 Å². The number of esters is 1. The van der Waals surface area contributed by atoms with Gasteiger partial charge >= 0.3 is 5.97 Å². The Bertz CT molecular complexity index is 1040. The lowest BCUT2D eigenvalue weighted by molar-refractivity contribution is -0.151. The SMILES string of the molecule is CCOC(=O)CC1(c2ccc(OCc3ccc4c(c3)C(C)(C)CCC4(C)C)c(F)c2)COC1. The van der Waals surface area contributed by atoms with Crippen molar-refractivity contribution in [2.45, 2.75) is 76.7 Å². The molecule has 0 unspecified atom stereocenters. The number of ether oxygens (including phenoxy) is 3. The van der Waals surface area contributed by atoms with Crippen molar-refractivity contribution in [3.63, 3.8) is 0 Å². The molecule has 1 heterocycles. The first-order valence-corrected chi connectivity index (χ1v) is 11.9. The molecule has 178 valence electrons. The lowest BCUT2D eigenvalue weighted by Crippen LogP contribution is -2.48. The third-order valence-electron chi connectivity index (χ3n) is 7.40. The molecule has 4 nitrogen and oxygen atoms in total. The van der Waals surface area contributed by atoms with E-state index in [0.717, 1.165) is 17.5 Å². The molecule has 5 heteroatoms. The normalized spacial score (nSPS) is 19.8. The van der Waals surface area contributed by atoms with Gasteiger partial charge in [0.1, 0.15) is 6.61 Å². The van der Waals surface area contributed by atoms with Crippen molar-refractivity contribution in [3.8, 4) is 5.75 Å². The minimum absolute atomic E-state index is 0.117. The number of hydrogen-bond donors (Lipinski definition) is 0. The summed E-state index contributed by atoms with van der Waals surface area (Å²) in [4.78, 5) is 12.0. The van der Waals surface area contributed by atoms with Gasteiger partial charge in [0.25, 0.3) is 0 Å². The second-order valence-electron chi connectivity index (χ2n) is 10.8. The zero-order chi connectivity index (χ0) is 23.9. The number of hydrogen-bond acceptors (Lipinski definition) is 4. The van der Waals surface area contributed by atoms with E-state index < -0.39 is 11.2 Å². The van der Waals surface area contributed by atoms with Gasteiger partial charge in [0.15, 0.2) is 11.6 Å². The standard InChI is InChI=1S/C28H35FO4/c1-6-32-25(30)15-28(17-31-18-28)20-8-10-24(23(29)14-20)33-16-19-7-9-21-22(13-19)27(4,5)12-11-26(21,2)3/h7-10,13-14H,6,11-12,15-18H2,1-5H3. The smallest absolute Gasteiger partial charge is 0.306 e. The Morgan fingerprint density at radius 2 is 1.70 bits per heavy atom. The largest absolute Gasteiger partial charge is 0.486 e. The molecular weight excluding hydrogens is 419 g/mol. The van der Waals surface area contributed by atoms with Crippen LogP contribution in [0, 0.1) is 5.82 Å². The summed E-state index contributed by atoms with van der Waals surface area (Å²) in [5.74, 6) is -0.510. The van der Waals surface area contributed by atoms with Crippen LogP contribution in [0.3, 0.4) is 0 Å². The van der Waals surface area contributed by atoms with E-state index in [0.29, 0.717) is 26.4 Å². The highest BCUT2D eigenvalue weighted by atomic mass is 19.1. The molecule has 1 fully saturated rings. The Labute approximate surface area is 196 Å². The molecule has 33 heavy (non-hydrogen) atoms. The zero-order valence-electron chi connectivity index (χ0n) is 20.4. The van der Waals surface area contributed by atoms with Crippen LogP contribution >= 0.6 is 0 Å². The lowest BCUT2D eigenvalue weighted by Gasteiger charge is -2.42. The summed E-state index contributed by atoms with van der Waals surface area (Å²) < 4.78 is 31.3. The number of carbonyl (C=O) groups excluding carboxylic acids is 1. The van der Waals surface area contributed by atoms with Gasteiger partial charge in [0.2, 0.25) is 0 Å². The molecule has 4 rings (SSSR count). The van der Waals surface area contributed by atoms with E-state index in [4.69, 9.17) is 14.2 Å². The topological polar surface area (TPSA) is 44.8 Å². The van der Waals surface area contributed by atoms with Crippen LogP contribution < -0.4 is 4.74 Å². The van der Waals surface area contributed by atoms with Gasteiger partial charge in [0.05, 0.1) is 31.7 Å². The van der Waals surface area contributed by atoms with E-state index in [9.17, 15) is 9.18 Å². The Balaban J connectivity index is 1.49. The van der Waals surface area contributed by atoms with Crippen molar-refractivity contribution >= 4 is 5.97 Å². The van der Waals surface area contributed by atoms with Crippen molar-refractivity contribution in [1.82, 2.24) is 0 Å². The summed E-state index contributed by atoms with van der Waals surface area (Å²) in [6, 6.07) is 11.5. The van der Waals surface area contributed by atoms with Crippen LogP contribution in [0.15, 0.2) is 36.4 Å². The van der Waals surface area contributed by atoms with Gasteiger partial charge in [-0.1, -0.05) is 52.0 Å². The van der Waals surface area contributed by atoms with E-state index >= 15 is 0 Å². The second-order valence-corrected chi connectivity index (χ2v) is 10.8. The molecule has 2 aromatic rings.